The van der Waals surface area contributed by atoms with Crippen LogP contribution in [-0.4, -0.2) is 56.9 Å². The van der Waals surface area contributed by atoms with E-state index in [1.165, 1.54) is 0 Å². The second kappa shape index (κ2) is 8.44. The Kier molecular flexibility index (Phi) is 7.16. The Morgan fingerprint density at radius 2 is 2.35 bits per heavy atom. The molecule has 1 saturated heterocycles. The van der Waals surface area contributed by atoms with Crippen LogP contribution in [-0.2, 0) is 14.3 Å². The molecule has 5 nitrogen and oxygen atoms in total. The lowest BCUT2D eigenvalue weighted by molar-refractivity contribution is -0.134. The van der Waals surface area contributed by atoms with E-state index in [-0.39, 0.29) is 12.0 Å². The molecule has 1 aliphatic heterocycles. The number of nitrogens with two attached hydrogens (primary N) is 1. The molecule has 0 aromatic rings. The van der Waals surface area contributed by atoms with Crippen LogP contribution in [0.2, 0.25) is 0 Å². The molecule has 1 heterocycles. The maximum Gasteiger partial charge on any atom is 0.225 e. The minimum atomic E-state index is 0.116. The molecule has 100 valence electrons. The van der Waals surface area contributed by atoms with Gasteiger partial charge in [0.15, 0.2) is 0 Å². The molecule has 1 aliphatic rings. The number of nitrogens with zero attached hydrogens (tertiary/aromatic N) is 1. The first-order valence-electron chi connectivity index (χ1n) is 6.36. The standard InChI is InChI=1S/C12H24N2O3/c1-16-9-7-14(6-3-5-13)12(15)10-11-4-2-8-17-11/h11H,2-10,13H2,1H3. The number of methoxy groups -OCH3 is 1. The molecule has 2 N–H and O–H groups in total. The van der Waals surface area contributed by atoms with Gasteiger partial charge in [0, 0.05) is 26.8 Å². The Labute approximate surface area is 103 Å². The molecule has 1 rings (SSSR count). The van der Waals surface area contributed by atoms with Gasteiger partial charge >= 0.3 is 0 Å². The van der Waals surface area contributed by atoms with Crippen LogP contribution in [0.3, 0.4) is 0 Å². The molecule has 1 amide bonds. The highest BCUT2D eigenvalue weighted by Gasteiger charge is 2.22. The van der Waals surface area contributed by atoms with E-state index in [0.717, 1.165) is 25.9 Å². The van der Waals surface area contributed by atoms with Gasteiger partial charge < -0.3 is 20.1 Å². The predicted molar refractivity (Wildman–Crippen MR) is 65.7 cm³/mol. The second-order valence-electron chi connectivity index (χ2n) is 4.35. The second-order valence-corrected chi connectivity index (χ2v) is 4.35. The summed E-state index contributed by atoms with van der Waals surface area (Å²) in [4.78, 5) is 13.9. The molecule has 0 bridgehead atoms. The van der Waals surface area contributed by atoms with Gasteiger partial charge in [0.2, 0.25) is 5.91 Å². The van der Waals surface area contributed by atoms with Crippen LogP contribution >= 0.6 is 0 Å². The number of carbonyl (C=O) groups is 1. The summed E-state index contributed by atoms with van der Waals surface area (Å²) in [5.41, 5.74) is 5.48. The largest absolute Gasteiger partial charge is 0.383 e. The first-order valence-corrected chi connectivity index (χ1v) is 6.36. The van der Waals surface area contributed by atoms with Crippen molar-refractivity contribution in [1.82, 2.24) is 4.90 Å². The molecular weight excluding hydrogens is 220 g/mol. The molecule has 1 fully saturated rings. The number of amides is 1. The summed E-state index contributed by atoms with van der Waals surface area (Å²) in [7, 11) is 1.64. The number of hydrogen-bond acceptors (Lipinski definition) is 4. The van der Waals surface area contributed by atoms with Crippen molar-refractivity contribution in [3.8, 4) is 0 Å². The molecule has 0 radical (unpaired) electrons. The lowest BCUT2D eigenvalue weighted by Gasteiger charge is -2.23. The smallest absolute Gasteiger partial charge is 0.225 e. The third-order valence-electron chi connectivity index (χ3n) is 2.98. The van der Waals surface area contributed by atoms with E-state index in [4.69, 9.17) is 15.2 Å². The summed E-state index contributed by atoms with van der Waals surface area (Å²) in [6.07, 6.45) is 3.51. The third-order valence-corrected chi connectivity index (χ3v) is 2.98. The molecule has 0 aromatic carbocycles. The Bertz CT molecular complexity index is 210. The van der Waals surface area contributed by atoms with E-state index in [2.05, 4.69) is 0 Å². The molecule has 5 heteroatoms. The molecule has 0 aromatic heterocycles. The molecule has 0 aliphatic carbocycles. The fourth-order valence-corrected chi connectivity index (χ4v) is 1.97. The molecule has 1 unspecified atom stereocenters. The third kappa shape index (κ3) is 5.48. The van der Waals surface area contributed by atoms with Gasteiger partial charge in [0.1, 0.15) is 0 Å². The topological polar surface area (TPSA) is 64.8 Å². The van der Waals surface area contributed by atoms with Gasteiger partial charge in [-0.1, -0.05) is 0 Å². The van der Waals surface area contributed by atoms with E-state index in [9.17, 15) is 4.79 Å². The minimum Gasteiger partial charge on any atom is -0.383 e. The van der Waals surface area contributed by atoms with Crippen molar-refractivity contribution in [3.05, 3.63) is 0 Å². The van der Waals surface area contributed by atoms with E-state index in [1.54, 1.807) is 7.11 Å². The minimum absolute atomic E-state index is 0.116. The van der Waals surface area contributed by atoms with Crippen LogP contribution in [0.1, 0.15) is 25.7 Å². The summed E-state index contributed by atoms with van der Waals surface area (Å²) < 4.78 is 10.5. The first kappa shape index (κ1) is 14.4. The summed E-state index contributed by atoms with van der Waals surface area (Å²) in [5, 5.41) is 0. The summed E-state index contributed by atoms with van der Waals surface area (Å²) in [6.45, 7) is 3.32. The van der Waals surface area contributed by atoms with Crippen LogP contribution in [0.4, 0.5) is 0 Å². The Morgan fingerprint density at radius 1 is 1.53 bits per heavy atom. The summed E-state index contributed by atoms with van der Waals surface area (Å²) in [6, 6.07) is 0. The average molecular weight is 244 g/mol. The Morgan fingerprint density at radius 3 is 2.94 bits per heavy atom. The Balaban J connectivity index is 2.34. The lowest BCUT2D eigenvalue weighted by atomic mass is 10.1. The van der Waals surface area contributed by atoms with Gasteiger partial charge in [0.05, 0.1) is 19.1 Å². The normalized spacial score (nSPS) is 19.5. The first-order chi connectivity index (χ1) is 8.27. The number of rotatable bonds is 8. The van der Waals surface area contributed by atoms with Crippen LogP contribution in [0, 0.1) is 0 Å². The van der Waals surface area contributed by atoms with E-state index in [0.29, 0.717) is 32.7 Å². The molecule has 0 saturated carbocycles. The van der Waals surface area contributed by atoms with Crippen molar-refractivity contribution in [2.24, 2.45) is 5.73 Å². The lowest BCUT2D eigenvalue weighted by Crippen LogP contribution is -2.37. The Hall–Kier alpha value is -0.650. The van der Waals surface area contributed by atoms with Crippen molar-refractivity contribution >= 4 is 5.91 Å². The van der Waals surface area contributed by atoms with E-state index >= 15 is 0 Å². The fourth-order valence-electron chi connectivity index (χ4n) is 1.97. The number of ether oxygens (including phenoxy) is 2. The van der Waals surface area contributed by atoms with E-state index < -0.39 is 0 Å². The highest BCUT2D eigenvalue weighted by atomic mass is 16.5. The average Bonchev–Trinajstić information content (AvgIpc) is 2.82. The van der Waals surface area contributed by atoms with Crippen LogP contribution in [0.15, 0.2) is 0 Å². The summed E-state index contributed by atoms with van der Waals surface area (Å²) >= 11 is 0. The zero-order valence-electron chi connectivity index (χ0n) is 10.7. The highest BCUT2D eigenvalue weighted by molar-refractivity contribution is 5.76. The zero-order chi connectivity index (χ0) is 12.5. The van der Waals surface area contributed by atoms with Crippen molar-refractivity contribution < 1.29 is 14.3 Å². The van der Waals surface area contributed by atoms with Gasteiger partial charge in [-0.2, -0.15) is 0 Å². The highest BCUT2D eigenvalue weighted by Crippen LogP contribution is 2.16. The van der Waals surface area contributed by atoms with E-state index in [1.807, 2.05) is 4.90 Å². The van der Waals surface area contributed by atoms with Crippen molar-refractivity contribution in [2.75, 3.05) is 40.0 Å². The predicted octanol–water partition coefficient (Wildman–Crippen LogP) is 0.379. The molecule has 0 spiro atoms. The van der Waals surface area contributed by atoms with Crippen LogP contribution in [0.25, 0.3) is 0 Å². The maximum atomic E-state index is 12.1. The van der Waals surface area contributed by atoms with Crippen LogP contribution < -0.4 is 5.73 Å². The van der Waals surface area contributed by atoms with Crippen molar-refractivity contribution in [3.63, 3.8) is 0 Å². The number of hydrogen-bond donors (Lipinski definition) is 1. The number of carbonyl (C=O) groups excluding carboxylic acids is 1. The molecule has 1 atom stereocenters. The van der Waals surface area contributed by atoms with Gasteiger partial charge in [-0.25, -0.2) is 0 Å². The molecular formula is C12H24N2O3. The fraction of sp³-hybridized carbons (Fsp3) is 0.917. The SMILES string of the molecule is COCCN(CCCN)C(=O)CC1CCCO1. The maximum absolute atomic E-state index is 12.1. The van der Waals surface area contributed by atoms with Gasteiger partial charge in [0.25, 0.3) is 0 Å². The zero-order valence-corrected chi connectivity index (χ0v) is 10.7. The van der Waals surface area contributed by atoms with Gasteiger partial charge in [-0.05, 0) is 25.8 Å². The van der Waals surface area contributed by atoms with Gasteiger partial charge in [-0.15, -0.1) is 0 Å². The van der Waals surface area contributed by atoms with Crippen molar-refractivity contribution in [2.45, 2.75) is 31.8 Å². The monoisotopic (exact) mass is 244 g/mol. The summed E-state index contributed by atoms with van der Waals surface area (Å²) in [5.74, 6) is 0.155. The van der Waals surface area contributed by atoms with Crippen molar-refractivity contribution in [1.29, 1.82) is 0 Å². The van der Waals surface area contributed by atoms with Gasteiger partial charge in [-0.3, -0.25) is 4.79 Å². The quantitative estimate of drug-likeness (QED) is 0.670. The van der Waals surface area contributed by atoms with Crippen LogP contribution in [0.5, 0.6) is 0 Å². The molecule has 17 heavy (non-hydrogen) atoms.